The predicted molar refractivity (Wildman–Crippen MR) is 127 cm³/mol. The lowest BCUT2D eigenvalue weighted by molar-refractivity contribution is -0.134. The molecule has 8 heteroatoms. The maximum atomic E-state index is 13.3. The summed E-state index contributed by atoms with van der Waals surface area (Å²) in [6, 6.07) is 16.6. The average molecular weight is 461 g/mol. The second kappa shape index (κ2) is 8.95. The monoisotopic (exact) mass is 460 g/mol. The minimum atomic E-state index is -1.23. The van der Waals surface area contributed by atoms with Gasteiger partial charge >= 0.3 is 6.03 Å². The van der Waals surface area contributed by atoms with Crippen LogP contribution in [0.15, 0.2) is 65.3 Å². The Morgan fingerprint density at radius 1 is 1.09 bits per heavy atom. The fourth-order valence-corrected chi connectivity index (χ4v) is 4.89. The number of nitrogens with one attached hydrogen (secondary N) is 2. The Morgan fingerprint density at radius 2 is 1.85 bits per heavy atom. The lowest BCUT2D eigenvalue weighted by atomic mass is 9.90. The van der Waals surface area contributed by atoms with Crippen LogP contribution < -0.4 is 10.6 Å². The van der Waals surface area contributed by atoms with E-state index in [4.69, 9.17) is 4.42 Å². The maximum Gasteiger partial charge on any atom is 0.325 e. The molecule has 1 aromatic heterocycles. The highest BCUT2D eigenvalue weighted by Crippen LogP contribution is 2.31. The van der Waals surface area contributed by atoms with E-state index >= 15 is 0 Å². The third kappa shape index (κ3) is 4.05. The largest absolute Gasteiger partial charge is 0.468 e. The molecule has 0 unspecified atom stereocenters. The first-order chi connectivity index (χ1) is 16.5. The second-order valence-corrected chi connectivity index (χ2v) is 9.09. The van der Waals surface area contributed by atoms with Crippen LogP contribution in [0.25, 0.3) is 10.8 Å². The topological polar surface area (TPSA) is 94.9 Å². The molecule has 2 atom stereocenters. The van der Waals surface area contributed by atoms with Crippen molar-refractivity contribution >= 4 is 28.6 Å². The third-order valence-electron chi connectivity index (χ3n) is 6.85. The molecule has 3 heterocycles. The number of furan rings is 1. The number of carbonyl (C=O) groups excluding carboxylic acids is 3. The number of amides is 4. The van der Waals surface area contributed by atoms with Crippen LogP contribution in [0.4, 0.5) is 4.79 Å². The highest BCUT2D eigenvalue weighted by atomic mass is 16.3. The molecule has 0 bridgehead atoms. The van der Waals surface area contributed by atoms with Crippen LogP contribution in [0.5, 0.6) is 0 Å². The van der Waals surface area contributed by atoms with Crippen molar-refractivity contribution in [1.29, 1.82) is 0 Å². The Bertz CT molecular complexity index is 1220. The molecular weight excluding hydrogens is 432 g/mol. The van der Waals surface area contributed by atoms with Crippen LogP contribution in [0.2, 0.25) is 0 Å². The van der Waals surface area contributed by atoms with Gasteiger partial charge in [-0.1, -0.05) is 36.4 Å². The zero-order valence-corrected chi connectivity index (χ0v) is 19.1. The third-order valence-corrected chi connectivity index (χ3v) is 6.85. The fourth-order valence-electron chi connectivity index (χ4n) is 4.89. The van der Waals surface area contributed by atoms with Crippen molar-refractivity contribution in [3.63, 3.8) is 0 Å². The Morgan fingerprint density at radius 3 is 2.59 bits per heavy atom. The number of fused-ring (bicyclic) bond motifs is 1. The summed E-state index contributed by atoms with van der Waals surface area (Å²) in [6.45, 7) is 3.57. The second-order valence-electron chi connectivity index (χ2n) is 9.09. The fraction of sp³-hybridized carbons (Fsp3) is 0.346. The smallest absolute Gasteiger partial charge is 0.325 e. The van der Waals surface area contributed by atoms with Gasteiger partial charge in [-0.2, -0.15) is 0 Å². The van der Waals surface area contributed by atoms with Gasteiger partial charge in [0.25, 0.3) is 5.91 Å². The lowest BCUT2D eigenvalue weighted by Gasteiger charge is -2.26. The van der Waals surface area contributed by atoms with Gasteiger partial charge in [-0.25, -0.2) is 4.79 Å². The molecule has 5 rings (SSSR count). The summed E-state index contributed by atoms with van der Waals surface area (Å²) < 4.78 is 5.59. The predicted octanol–water partition coefficient (Wildman–Crippen LogP) is 3.15. The number of rotatable bonds is 7. The average Bonchev–Trinajstić information content (AvgIpc) is 3.60. The van der Waals surface area contributed by atoms with Crippen LogP contribution in [-0.4, -0.2) is 53.8 Å². The van der Waals surface area contributed by atoms with Gasteiger partial charge in [-0.3, -0.25) is 19.4 Å². The lowest BCUT2D eigenvalue weighted by Crippen LogP contribution is -2.44. The highest BCUT2D eigenvalue weighted by molar-refractivity contribution is 6.09. The molecule has 2 aliphatic heterocycles. The van der Waals surface area contributed by atoms with Gasteiger partial charge in [0.15, 0.2) is 0 Å². The summed E-state index contributed by atoms with van der Waals surface area (Å²) in [4.78, 5) is 42.0. The molecule has 4 amide bonds. The minimum Gasteiger partial charge on any atom is -0.468 e. The van der Waals surface area contributed by atoms with E-state index in [9.17, 15) is 14.4 Å². The van der Waals surface area contributed by atoms with E-state index in [0.717, 1.165) is 47.4 Å². The van der Waals surface area contributed by atoms with Gasteiger partial charge in [0.1, 0.15) is 17.8 Å². The van der Waals surface area contributed by atoms with Crippen LogP contribution >= 0.6 is 0 Å². The summed E-state index contributed by atoms with van der Waals surface area (Å²) in [5, 5.41) is 7.70. The minimum absolute atomic E-state index is 0.0765. The first kappa shape index (κ1) is 22.2. The molecule has 8 nitrogen and oxygen atoms in total. The number of hydrogen-bond donors (Lipinski definition) is 2. The molecule has 0 spiro atoms. The summed E-state index contributed by atoms with van der Waals surface area (Å²) >= 11 is 0. The van der Waals surface area contributed by atoms with Crippen molar-refractivity contribution in [3.8, 4) is 0 Å². The number of nitrogens with zero attached hydrogens (tertiary/aromatic N) is 2. The summed E-state index contributed by atoms with van der Waals surface area (Å²) in [5.74, 6) is -0.0341. The summed E-state index contributed by atoms with van der Waals surface area (Å²) in [6.07, 6.45) is 3.85. The van der Waals surface area contributed by atoms with Gasteiger partial charge in [-0.05, 0) is 67.4 Å². The Labute approximate surface area is 197 Å². The zero-order valence-electron chi connectivity index (χ0n) is 19.1. The molecule has 2 aliphatic rings. The Kier molecular flexibility index (Phi) is 5.83. The number of carbonyl (C=O) groups is 3. The number of hydrogen-bond acceptors (Lipinski definition) is 5. The molecule has 34 heavy (non-hydrogen) atoms. The van der Waals surface area contributed by atoms with Crippen LogP contribution in [0.1, 0.15) is 37.1 Å². The first-order valence-corrected chi connectivity index (χ1v) is 11.6. The quantitative estimate of drug-likeness (QED) is 0.528. The van der Waals surface area contributed by atoms with E-state index in [2.05, 4.69) is 15.5 Å². The van der Waals surface area contributed by atoms with E-state index in [0.29, 0.717) is 12.1 Å². The normalized spacial score (nSPS) is 21.7. The SMILES string of the molecule is C[C@]1(c2ccc3ccccc3c2)NC(=O)N(CC(=O)NC[C@H](c2ccco2)N2CCCC2)C1=O. The van der Waals surface area contributed by atoms with E-state index in [1.54, 1.807) is 13.2 Å². The van der Waals surface area contributed by atoms with Crippen molar-refractivity contribution in [2.45, 2.75) is 31.3 Å². The number of likely N-dealkylation sites (tertiary alicyclic amines) is 1. The molecule has 2 aromatic carbocycles. The van der Waals surface area contributed by atoms with E-state index in [-0.39, 0.29) is 18.5 Å². The van der Waals surface area contributed by atoms with Crippen molar-refractivity contribution < 1.29 is 18.8 Å². The number of urea groups is 1. The Hall–Kier alpha value is -3.65. The summed E-state index contributed by atoms with van der Waals surface area (Å²) in [5.41, 5.74) is -0.549. The van der Waals surface area contributed by atoms with Crippen molar-refractivity contribution in [1.82, 2.24) is 20.4 Å². The van der Waals surface area contributed by atoms with E-state index < -0.39 is 17.5 Å². The highest BCUT2D eigenvalue weighted by Gasteiger charge is 2.49. The van der Waals surface area contributed by atoms with Crippen LogP contribution in [-0.2, 0) is 15.1 Å². The molecular formula is C26H28N4O4. The summed E-state index contributed by atoms with van der Waals surface area (Å²) in [7, 11) is 0. The Balaban J connectivity index is 1.27. The molecule has 0 saturated carbocycles. The first-order valence-electron chi connectivity index (χ1n) is 11.6. The molecule has 0 radical (unpaired) electrons. The van der Waals surface area contributed by atoms with Gasteiger partial charge in [-0.15, -0.1) is 0 Å². The van der Waals surface area contributed by atoms with Crippen LogP contribution in [0.3, 0.4) is 0 Å². The van der Waals surface area contributed by atoms with Crippen molar-refractivity contribution in [2.24, 2.45) is 0 Å². The van der Waals surface area contributed by atoms with Gasteiger partial charge in [0.05, 0.1) is 12.3 Å². The molecule has 176 valence electrons. The number of benzene rings is 2. The maximum absolute atomic E-state index is 13.3. The molecule has 2 saturated heterocycles. The number of imide groups is 1. The van der Waals surface area contributed by atoms with Crippen molar-refractivity contribution in [3.05, 3.63) is 72.2 Å². The van der Waals surface area contributed by atoms with Gasteiger partial charge in [0.2, 0.25) is 5.91 Å². The molecule has 0 aliphatic carbocycles. The van der Waals surface area contributed by atoms with Crippen molar-refractivity contribution in [2.75, 3.05) is 26.2 Å². The van der Waals surface area contributed by atoms with Crippen LogP contribution in [0, 0.1) is 0 Å². The molecule has 2 fully saturated rings. The molecule has 3 aromatic rings. The van der Waals surface area contributed by atoms with Gasteiger partial charge in [0, 0.05) is 6.54 Å². The zero-order chi connectivity index (χ0) is 23.7. The van der Waals surface area contributed by atoms with E-state index in [1.807, 2.05) is 54.6 Å². The standard InChI is InChI=1S/C26H28N4O4/c1-26(20-11-10-18-7-2-3-8-19(18)15-20)24(32)30(25(33)28-26)17-23(31)27-16-21(22-9-6-14-34-22)29-12-4-5-13-29/h2-3,6-11,14-15,21H,4-5,12-13,16-17H2,1H3,(H,27,31)(H,28,33)/t21-,26-/m1/s1. The molecule has 2 N–H and O–H groups in total. The van der Waals surface area contributed by atoms with Gasteiger partial charge < -0.3 is 15.1 Å². The van der Waals surface area contributed by atoms with E-state index in [1.165, 1.54) is 0 Å².